The highest BCUT2D eigenvalue weighted by Gasteiger charge is 2.22. The summed E-state index contributed by atoms with van der Waals surface area (Å²) in [6.45, 7) is 7.97. The third kappa shape index (κ3) is 4.31. The lowest BCUT2D eigenvalue weighted by Crippen LogP contribution is -2.15. The molecule has 5 nitrogen and oxygen atoms in total. The lowest BCUT2D eigenvalue weighted by molar-refractivity contribution is 0.331. The van der Waals surface area contributed by atoms with E-state index < -0.39 is 10.0 Å². The normalized spacial score (nSPS) is 11.4. The van der Waals surface area contributed by atoms with Crippen LogP contribution in [0.5, 0.6) is 5.75 Å². The van der Waals surface area contributed by atoms with E-state index in [-0.39, 0.29) is 4.90 Å². The summed E-state index contributed by atoms with van der Waals surface area (Å²) in [5.74, 6) is 0.325. The molecule has 0 unspecified atom stereocenters. The Labute approximate surface area is 164 Å². The number of nitrogens with one attached hydrogen (secondary N) is 1. The first kappa shape index (κ1) is 19.4. The van der Waals surface area contributed by atoms with Crippen LogP contribution < -0.4 is 9.46 Å². The van der Waals surface area contributed by atoms with Crippen LogP contribution in [0.15, 0.2) is 46.7 Å². The Kier molecular flexibility index (Phi) is 5.53. The van der Waals surface area contributed by atoms with Crippen LogP contribution in [0.1, 0.15) is 23.1 Å². The van der Waals surface area contributed by atoms with Crippen molar-refractivity contribution in [1.82, 2.24) is 4.98 Å². The van der Waals surface area contributed by atoms with E-state index in [0.29, 0.717) is 18.0 Å². The van der Waals surface area contributed by atoms with Crippen molar-refractivity contribution in [2.24, 2.45) is 0 Å². The highest BCUT2D eigenvalue weighted by atomic mass is 32.2. The molecule has 27 heavy (non-hydrogen) atoms. The van der Waals surface area contributed by atoms with Gasteiger partial charge in [-0.1, -0.05) is 17.7 Å². The number of ether oxygens (including phenoxy) is 1. The van der Waals surface area contributed by atoms with Gasteiger partial charge in [-0.25, -0.2) is 13.4 Å². The predicted molar refractivity (Wildman–Crippen MR) is 110 cm³/mol. The highest BCUT2D eigenvalue weighted by molar-refractivity contribution is 7.92. The second-order valence-corrected chi connectivity index (χ2v) is 8.98. The first-order valence-corrected chi connectivity index (χ1v) is 11.0. The minimum atomic E-state index is -3.82. The number of hydrogen-bond donors (Lipinski definition) is 1. The molecular formula is C20H22N2O3S2. The number of rotatable bonds is 6. The Balaban J connectivity index is 2.06. The molecule has 0 fully saturated rings. The lowest BCUT2D eigenvalue weighted by atomic mass is 10.1. The van der Waals surface area contributed by atoms with Gasteiger partial charge in [0, 0.05) is 10.9 Å². The second kappa shape index (κ2) is 7.70. The van der Waals surface area contributed by atoms with Crippen LogP contribution in [0, 0.1) is 20.8 Å². The lowest BCUT2D eigenvalue weighted by Gasteiger charge is -2.15. The predicted octanol–water partition coefficient (Wildman–Crippen LogP) is 4.93. The van der Waals surface area contributed by atoms with Crippen LogP contribution in [0.4, 0.5) is 5.69 Å². The van der Waals surface area contributed by atoms with E-state index in [0.717, 1.165) is 27.4 Å². The van der Waals surface area contributed by atoms with Gasteiger partial charge in [0.2, 0.25) is 0 Å². The molecule has 3 rings (SSSR count). The molecule has 1 aromatic heterocycles. The molecule has 7 heteroatoms. The van der Waals surface area contributed by atoms with Gasteiger partial charge in [0.05, 0.1) is 23.0 Å². The maximum absolute atomic E-state index is 13.1. The molecule has 0 spiro atoms. The van der Waals surface area contributed by atoms with Gasteiger partial charge in [-0.3, -0.25) is 4.72 Å². The molecule has 0 aliphatic carbocycles. The van der Waals surface area contributed by atoms with Crippen LogP contribution in [0.2, 0.25) is 0 Å². The van der Waals surface area contributed by atoms with Crippen molar-refractivity contribution in [3.05, 3.63) is 57.9 Å². The van der Waals surface area contributed by atoms with Crippen LogP contribution in [-0.4, -0.2) is 20.0 Å². The Hall–Kier alpha value is -2.38. The van der Waals surface area contributed by atoms with E-state index in [1.165, 1.54) is 11.3 Å². The molecule has 0 atom stereocenters. The number of sulfonamides is 1. The molecule has 1 heterocycles. The van der Waals surface area contributed by atoms with Crippen molar-refractivity contribution in [3.8, 4) is 17.0 Å². The molecule has 1 N–H and O–H groups in total. The van der Waals surface area contributed by atoms with Crippen LogP contribution in [-0.2, 0) is 10.0 Å². The molecule has 0 saturated carbocycles. The summed E-state index contributed by atoms with van der Waals surface area (Å²) in [7, 11) is -3.82. The zero-order chi connectivity index (χ0) is 19.6. The van der Waals surface area contributed by atoms with E-state index in [9.17, 15) is 8.42 Å². The van der Waals surface area contributed by atoms with Crippen molar-refractivity contribution >= 4 is 27.0 Å². The number of thiazole rings is 1. The summed E-state index contributed by atoms with van der Waals surface area (Å²) in [6, 6.07) is 10.7. The molecule has 0 amide bonds. The fourth-order valence-electron chi connectivity index (χ4n) is 2.78. The van der Waals surface area contributed by atoms with E-state index in [4.69, 9.17) is 4.74 Å². The van der Waals surface area contributed by atoms with Crippen LogP contribution in [0.3, 0.4) is 0 Å². The number of nitrogens with zero attached hydrogens (tertiary/aromatic N) is 1. The average Bonchev–Trinajstić information content (AvgIpc) is 3.04. The van der Waals surface area contributed by atoms with Gasteiger partial charge in [0.25, 0.3) is 10.0 Å². The number of hydrogen-bond acceptors (Lipinski definition) is 5. The Bertz CT molecular complexity index is 1070. The quantitative estimate of drug-likeness (QED) is 0.634. The van der Waals surface area contributed by atoms with Crippen molar-refractivity contribution in [1.29, 1.82) is 0 Å². The highest BCUT2D eigenvalue weighted by Crippen LogP contribution is 2.32. The summed E-state index contributed by atoms with van der Waals surface area (Å²) < 4.78 is 34.5. The van der Waals surface area contributed by atoms with Crippen molar-refractivity contribution in [3.63, 3.8) is 0 Å². The maximum atomic E-state index is 13.1. The van der Waals surface area contributed by atoms with Crippen LogP contribution in [0.25, 0.3) is 11.3 Å². The summed E-state index contributed by atoms with van der Waals surface area (Å²) in [6.07, 6.45) is 0. The molecule has 3 aromatic rings. The van der Waals surface area contributed by atoms with E-state index in [2.05, 4.69) is 9.71 Å². The average molecular weight is 403 g/mol. The third-order valence-corrected chi connectivity index (χ3v) is 6.23. The minimum absolute atomic E-state index is 0.104. The number of benzene rings is 2. The van der Waals surface area contributed by atoms with Crippen molar-refractivity contribution in [2.45, 2.75) is 32.6 Å². The number of anilines is 1. The summed E-state index contributed by atoms with van der Waals surface area (Å²) >= 11 is 1.53. The van der Waals surface area contributed by atoms with Crippen molar-refractivity contribution < 1.29 is 13.2 Å². The number of aryl methyl sites for hydroxylation is 3. The van der Waals surface area contributed by atoms with Gasteiger partial charge < -0.3 is 4.74 Å². The molecule has 2 aromatic carbocycles. The monoisotopic (exact) mass is 402 g/mol. The molecule has 0 saturated heterocycles. The Morgan fingerprint density at radius 1 is 1.11 bits per heavy atom. The van der Waals surface area contributed by atoms with Crippen molar-refractivity contribution in [2.75, 3.05) is 11.3 Å². The fraction of sp³-hybridized carbons (Fsp3) is 0.250. The second-order valence-electron chi connectivity index (χ2n) is 6.27. The molecule has 142 valence electrons. The largest absolute Gasteiger partial charge is 0.492 e. The molecule has 0 aliphatic rings. The third-order valence-electron chi connectivity index (χ3n) is 4.07. The topological polar surface area (TPSA) is 68.3 Å². The number of aromatic nitrogens is 1. The van der Waals surface area contributed by atoms with Gasteiger partial charge in [-0.2, -0.15) is 0 Å². The fourth-order valence-corrected chi connectivity index (χ4v) is 4.70. The van der Waals surface area contributed by atoms with Gasteiger partial charge in [-0.15, -0.1) is 11.3 Å². The zero-order valence-electron chi connectivity index (χ0n) is 15.7. The molecule has 0 radical (unpaired) electrons. The van der Waals surface area contributed by atoms with E-state index >= 15 is 0 Å². The molecule has 0 bridgehead atoms. The van der Waals surface area contributed by atoms with E-state index in [1.807, 2.05) is 51.3 Å². The maximum Gasteiger partial charge on any atom is 0.265 e. The van der Waals surface area contributed by atoms with Gasteiger partial charge in [0.15, 0.2) is 0 Å². The summed E-state index contributed by atoms with van der Waals surface area (Å²) in [4.78, 5) is 4.55. The van der Waals surface area contributed by atoms with Gasteiger partial charge >= 0.3 is 0 Å². The van der Waals surface area contributed by atoms with Gasteiger partial charge in [-0.05, 0) is 57.5 Å². The van der Waals surface area contributed by atoms with Crippen LogP contribution >= 0.6 is 11.3 Å². The molecular weight excluding hydrogens is 380 g/mol. The Morgan fingerprint density at radius 3 is 2.52 bits per heavy atom. The van der Waals surface area contributed by atoms with Gasteiger partial charge in [0.1, 0.15) is 10.6 Å². The first-order valence-electron chi connectivity index (χ1n) is 8.59. The van der Waals surface area contributed by atoms with E-state index in [1.54, 1.807) is 18.2 Å². The standard InChI is InChI=1S/C20H22N2O3S2/c1-5-25-19-9-7-16(18-12-26-15(4)21-18)11-20(19)27(23,24)22-17-8-6-13(2)10-14(17)3/h6-12,22H,5H2,1-4H3. The summed E-state index contributed by atoms with van der Waals surface area (Å²) in [5, 5.41) is 2.84. The smallest absolute Gasteiger partial charge is 0.265 e. The SMILES string of the molecule is CCOc1ccc(-c2csc(C)n2)cc1S(=O)(=O)Nc1ccc(C)cc1C. The minimum Gasteiger partial charge on any atom is -0.492 e. The first-order chi connectivity index (χ1) is 12.8. The molecule has 0 aliphatic heterocycles. The Morgan fingerprint density at radius 2 is 1.89 bits per heavy atom. The zero-order valence-corrected chi connectivity index (χ0v) is 17.4. The summed E-state index contributed by atoms with van der Waals surface area (Å²) in [5.41, 5.74) is 3.99.